The smallest absolute Gasteiger partial charge is 0.123 e. The van der Waals surface area contributed by atoms with Crippen LogP contribution in [0.25, 0.3) is 10.9 Å². The van der Waals surface area contributed by atoms with E-state index in [9.17, 15) is 4.39 Å². The van der Waals surface area contributed by atoms with Gasteiger partial charge in [-0.3, -0.25) is 0 Å². The van der Waals surface area contributed by atoms with Gasteiger partial charge in [-0.25, -0.2) is 4.39 Å². The number of benzene rings is 1. The summed E-state index contributed by atoms with van der Waals surface area (Å²) in [7, 11) is 0. The van der Waals surface area contributed by atoms with Crippen LogP contribution in [-0.2, 0) is 0 Å². The molecular weight excluding hydrogens is 177 g/mol. The van der Waals surface area contributed by atoms with Crippen molar-refractivity contribution in [1.29, 1.82) is 0 Å². The highest BCUT2D eigenvalue weighted by Gasteiger charge is 2.20. The van der Waals surface area contributed by atoms with E-state index in [2.05, 4.69) is 11.1 Å². The molecule has 1 aromatic heterocycles. The third-order valence-corrected chi connectivity index (χ3v) is 3.15. The summed E-state index contributed by atoms with van der Waals surface area (Å²) >= 11 is 0. The Bertz CT molecular complexity index is 468. The van der Waals surface area contributed by atoms with E-state index < -0.39 is 0 Å². The number of hydrogen-bond donors (Lipinski definition) is 1. The summed E-state index contributed by atoms with van der Waals surface area (Å²) in [5.74, 6) is 0.530. The Morgan fingerprint density at radius 3 is 2.79 bits per heavy atom. The predicted octanol–water partition coefficient (Wildman–Crippen LogP) is 3.57. The quantitative estimate of drug-likeness (QED) is 0.705. The first-order valence-corrected chi connectivity index (χ1v) is 5.11. The van der Waals surface area contributed by atoms with E-state index in [0.29, 0.717) is 5.92 Å². The van der Waals surface area contributed by atoms with Crippen LogP contribution in [0.2, 0.25) is 0 Å². The molecule has 2 heteroatoms. The topological polar surface area (TPSA) is 15.8 Å². The van der Waals surface area contributed by atoms with E-state index in [1.165, 1.54) is 31.0 Å². The number of aromatic amines is 1. The van der Waals surface area contributed by atoms with E-state index >= 15 is 0 Å². The fraction of sp³-hybridized carbons (Fsp3) is 0.333. The highest BCUT2D eigenvalue weighted by Crippen LogP contribution is 2.37. The second-order valence-electron chi connectivity index (χ2n) is 4.08. The molecule has 0 radical (unpaired) electrons. The molecule has 0 unspecified atom stereocenters. The van der Waals surface area contributed by atoms with Crippen molar-refractivity contribution in [2.75, 3.05) is 0 Å². The summed E-state index contributed by atoms with van der Waals surface area (Å²) in [6.45, 7) is 0. The Hall–Kier alpha value is -1.31. The van der Waals surface area contributed by atoms with Crippen molar-refractivity contribution in [1.82, 2.24) is 4.98 Å². The Balaban J connectivity index is 2.10. The van der Waals surface area contributed by atoms with Crippen LogP contribution in [0.3, 0.4) is 0 Å². The van der Waals surface area contributed by atoms with Crippen molar-refractivity contribution in [3.05, 3.63) is 35.8 Å². The molecule has 0 spiro atoms. The molecule has 1 saturated carbocycles. The molecule has 3 rings (SSSR count). The third kappa shape index (κ3) is 1.14. The Morgan fingerprint density at radius 1 is 1.21 bits per heavy atom. The molecule has 1 heterocycles. The SMILES string of the molecule is Fc1ccc2[nH]c(C3CCC3)cc2c1. The second kappa shape index (κ2) is 2.84. The first-order chi connectivity index (χ1) is 6.83. The number of hydrogen-bond acceptors (Lipinski definition) is 0. The molecule has 2 aromatic rings. The van der Waals surface area contributed by atoms with Gasteiger partial charge in [-0.15, -0.1) is 0 Å². The van der Waals surface area contributed by atoms with Gasteiger partial charge in [0, 0.05) is 16.6 Å². The molecule has 0 bridgehead atoms. The molecule has 0 saturated heterocycles. The van der Waals surface area contributed by atoms with Crippen LogP contribution in [0.5, 0.6) is 0 Å². The largest absolute Gasteiger partial charge is 0.358 e. The van der Waals surface area contributed by atoms with Gasteiger partial charge >= 0.3 is 0 Å². The van der Waals surface area contributed by atoms with Gasteiger partial charge in [0.2, 0.25) is 0 Å². The Kier molecular flexibility index (Phi) is 1.63. The number of H-pyrrole nitrogens is 1. The number of rotatable bonds is 1. The monoisotopic (exact) mass is 189 g/mol. The normalized spacial score (nSPS) is 17.2. The summed E-state index contributed by atoms with van der Waals surface area (Å²) in [5.41, 5.74) is 2.32. The lowest BCUT2D eigenvalue weighted by molar-refractivity contribution is 0.413. The first kappa shape index (κ1) is 8.04. The molecular formula is C12H12FN. The van der Waals surface area contributed by atoms with Crippen LogP contribution < -0.4 is 0 Å². The molecule has 1 N–H and O–H groups in total. The molecule has 1 aromatic carbocycles. The zero-order chi connectivity index (χ0) is 9.54. The van der Waals surface area contributed by atoms with Gasteiger partial charge in [-0.05, 0) is 43.0 Å². The van der Waals surface area contributed by atoms with Crippen LogP contribution in [-0.4, -0.2) is 4.98 Å². The maximum Gasteiger partial charge on any atom is 0.123 e. The Labute approximate surface area is 81.9 Å². The zero-order valence-electron chi connectivity index (χ0n) is 7.89. The average molecular weight is 189 g/mol. The predicted molar refractivity (Wildman–Crippen MR) is 54.8 cm³/mol. The molecule has 1 fully saturated rings. The van der Waals surface area contributed by atoms with E-state index in [0.717, 1.165) is 10.9 Å². The van der Waals surface area contributed by atoms with Crippen LogP contribution in [0, 0.1) is 5.82 Å². The fourth-order valence-electron chi connectivity index (χ4n) is 2.07. The molecule has 0 atom stereocenters. The maximum atomic E-state index is 12.9. The molecule has 14 heavy (non-hydrogen) atoms. The van der Waals surface area contributed by atoms with Gasteiger partial charge in [0.25, 0.3) is 0 Å². The van der Waals surface area contributed by atoms with Crippen molar-refractivity contribution in [3.63, 3.8) is 0 Å². The van der Waals surface area contributed by atoms with Crippen molar-refractivity contribution >= 4 is 10.9 Å². The van der Waals surface area contributed by atoms with Crippen LogP contribution in [0.15, 0.2) is 24.3 Å². The van der Waals surface area contributed by atoms with Crippen molar-refractivity contribution in [2.24, 2.45) is 0 Å². The van der Waals surface area contributed by atoms with E-state index in [1.54, 1.807) is 6.07 Å². The molecule has 1 nitrogen and oxygen atoms in total. The van der Waals surface area contributed by atoms with Gasteiger partial charge in [0.15, 0.2) is 0 Å². The van der Waals surface area contributed by atoms with Crippen molar-refractivity contribution < 1.29 is 4.39 Å². The summed E-state index contributed by atoms with van der Waals surface area (Å²) in [6.07, 6.45) is 3.87. The third-order valence-electron chi connectivity index (χ3n) is 3.15. The van der Waals surface area contributed by atoms with Gasteiger partial charge in [-0.2, -0.15) is 0 Å². The number of nitrogens with one attached hydrogen (secondary N) is 1. The number of fused-ring (bicyclic) bond motifs is 1. The lowest BCUT2D eigenvalue weighted by atomic mass is 9.83. The van der Waals surface area contributed by atoms with Crippen LogP contribution >= 0.6 is 0 Å². The zero-order valence-corrected chi connectivity index (χ0v) is 7.89. The van der Waals surface area contributed by atoms with Gasteiger partial charge < -0.3 is 4.98 Å². The van der Waals surface area contributed by atoms with Gasteiger partial charge in [0.1, 0.15) is 5.82 Å². The molecule has 1 aliphatic carbocycles. The second-order valence-corrected chi connectivity index (χ2v) is 4.08. The van der Waals surface area contributed by atoms with Crippen LogP contribution in [0.4, 0.5) is 4.39 Å². The highest BCUT2D eigenvalue weighted by atomic mass is 19.1. The van der Waals surface area contributed by atoms with Gasteiger partial charge in [-0.1, -0.05) is 6.42 Å². The summed E-state index contributed by atoms with van der Waals surface area (Å²) in [5, 5.41) is 0.993. The van der Waals surface area contributed by atoms with E-state index in [4.69, 9.17) is 0 Å². The summed E-state index contributed by atoms with van der Waals surface area (Å²) in [6, 6.07) is 6.99. The fourth-order valence-corrected chi connectivity index (χ4v) is 2.07. The standard InChI is InChI=1S/C12H12FN/c13-10-4-5-11-9(6-10)7-12(14-11)8-2-1-3-8/h4-8,14H,1-3H2. The highest BCUT2D eigenvalue weighted by molar-refractivity contribution is 5.80. The number of halogens is 1. The minimum atomic E-state index is -0.156. The first-order valence-electron chi connectivity index (χ1n) is 5.11. The lowest BCUT2D eigenvalue weighted by Gasteiger charge is -2.23. The minimum absolute atomic E-state index is 0.156. The molecule has 0 amide bonds. The Morgan fingerprint density at radius 2 is 2.07 bits per heavy atom. The minimum Gasteiger partial charge on any atom is -0.358 e. The summed E-state index contributed by atoms with van der Waals surface area (Å²) < 4.78 is 12.9. The van der Waals surface area contributed by atoms with Crippen molar-refractivity contribution in [3.8, 4) is 0 Å². The molecule has 1 aliphatic rings. The lowest BCUT2D eigenvalue weighted by Crippen LogP contribution is -2.08. The summed E-state index contributed by atoms with van der Waals surface area (Å²) in [4.78, 5) is 3.36. The van der Waals surface area contributed by atoms with E-state index in [-0.39, 0.29) is 5.82 Å². The molecule has 72 valence electrons. The van der Waals surface area contributed by atoms with Gasteiger partial charge in [0.05, 0.1) is 0 Å². The average Bonchev–Trinajstić information content (AvgIpc) is 2.43. The van der Waals surface area contributed by atoms with E-state index in [1.807, 2.05) is 6.07 Å². The van der Waals surface area contributed by atoms with Crippen molar-refractivity contribution in [2.45, 2.75) is 25.2 Å². The maximum absolute atomic E-state index is 12.9. The number of aromatic nitrogens is 1. The molecule has 0 aliphatic heterocycles. The van der Waals surface area contributed by atoms with Crippen LogP contribution in [0.1, 0.15) is 30.9 Å².